The topological polar surface area (TPSA) is 38.0 Å². The maximum Gasteiger partial charge on any atom is 0.419 e. The number of allylic oxidation sites excluding steroid dienone is 2. The highest BCUT2D eigenvalue weighted by atomic mass is 19.4. The van der Waals surface area contributed by atoms with Crippen LogP contribution >= 0.6 is 0 Å². The highest BCUT2D eigenvalue weighted by molar-refractivity contribution is 5.85. The lowest BCUT2D eigenvalue weighted by Gasteiger charge is -2.28. The Morgan fingerprint density at radius 1 is 1.10 bits per heavy atom. The van der Waals surface area contributed by atoms with E-state index in [9.17, 15) is 27.1 Å². The summed E-state index contributed by atoms with van der Waals surface area (Å²) < 4.78 is 69.0. The first-order chi connectivity index (χ1) is 14.0. The van der Waals surface area contributed by atoms with E-state index in [-0.39, 0.29) is 16.6 Å². The third-order valence-corrected chi connectivity index (χ3v) is 5.56. The Kier molecular flexibility index (Phi) is 4.63. The van der Waals surface area contributed by atoms with Crippen molar-refractivity contribution in [3.63, 3.8) is 0 Å². The molecule has 8 heteroatoms. The van der Waals surface area contributed by atoms with E-state index in [0.29, 0.717) is 17.0 Å². The first kappa shape index (κ1) is 20.4. The molecule has 3 aromatic rings. The van der Waals surface area contributed by atoms with Gasteiger partial charge in [-0.1, -0.05) is 19.9 Å². The van der Waals surface area contributed by atoms with E-state index in [2.05, 4.69) is 18.9 Å². The predicted octanol–water partition coefficient (Wildman–Crippen LogP) is 6.62. The molecule has 0 spiro atoms. The van der Waals surface area contributed by atoms with Crippen LogP contribution in [0.1, 0.15) is 44.2 Å². The lowest BCUT2D eigenvalue weighted by atomic mass is 9.77. The Morgan fingerprint density at radius 3 is 2.47 bits per heavy atom. The van der Waals surface area contributed by atoms with Crippen LogP contribution in [-0.4, -0.2) is 14.9 Å². The van der Waals surface area contributed by atoms with Gasteiger partial charge in [0.2, 0.25) is 0 Å². The van der Waals surface area contributed by atoms with Gasteiger partial charge in [-0.15, -0.1) is 0 Å². The molecule has 3 nitrogen and oxygen atoms in total. The van der Waals surface area contributed by atoms with Gasteiger partial charge in [0.25, 0.3) is 0 Å². The van der Waals surface area contributed by atoms with Gasteiger partial charge in [0.05, 0.1) is 23.0 Å². The molecule has 1 aliphatic carbocycles. The van der Waals surface area contributed by atoms with Gasteiger partial charge >= 0.3 is 6.18 Å². The zero-order chi connectivity index (χ0) is 21.8. The fourth-order valence-electron chi connectivity index (χ4n) is 3.74. The molecule has 2 aromatic carbocycles. The number of fused-ring (bicyclic) bond motifs is 1. The van der Waals surface area contributed by atoms with Gasteiger partial charge in [0.15, 0.2) is 11.6 Å². The summed E-state index contributed by atoms with van der Waals surface area (Å²) in [4.78, 5) is 0. The summed E-state index contributed by atoms with van der Waals surface area (Å²) in [6.45, 7) is 4.30. The van der Waals surface area contributed by atoms with Gasteiger partial charge in [-0.2, -0.15) is 18.3 Å². The SMILES string of the molecule is CC1(C)CC=C(c2cc3cnn(-c4cc(O)c(F)c(C(F)(F)F)c4)c3cc2F)CC1. The molecule has 4 rings (SSSR count). The number of aromatic hydroxyl groups is 1. The van der Waals surface area contributed by atoms with Gasteiger partial charge in [0, 0.05) is 23.1 Å². The van der Waals surface area contributed by atoms with E-state index in [1.807, 2.05) is 6.08 Å². The molecule has 1 aromatic heterocycles. The second-order valence-electron chi connectivity index (χ2n) is 8.37. The minimum Gasteiger partial charge on any atom is -0.505 e. The van der Waals surface area contributed by atoms with Crippen LogP contribution in [0.4, 0.5) is 22.0 Å². The maximum atomic E-state index is 14.9. The van der Waals surface area contributed by atoms with E-state index in [4.69, 9.17) is 0 Å². The fraction of sp³-hybridized carbons (Fsp3) is 0.318. The molecule has 0 radical (unpaired) electrons. The van der Waals surface area contributed by atoms with Crippen LogP contribution < -0.4 is 0 Å². The first-order valence-electron chi connectivity index (χ1n) is 9.43. The zero-order valence-corrected chi connectivity index (χ0v) is 16.3. The summed E-state index contributed by atoms with van der Waals surface area (Å²) in [6, 6.07) is 4.19. The maximum absolute atomic E-state index is 14.9. The van der Waals surface area contributed by atoms with Crippen LogP contribution in [-0.2, 0) is 6.18 Å². The normalized spacial score (nSPS) is 16.7. The van der Waals surface area contributed by atoms with Crippen molar-refractivity contribution in [3.05, 3.63) is 59.3 Å². The average Bonchev–Trinajstić information content (AvgIpc) is 3.05. The number of hydrogen-bond donors (Lipinski definition) is 1. The van der Waals surface area contributed by atoms with Crippen molar-refractivity contribution in [1.82, 2.24) is 9.78 Å². The monoisotopic (exact) mass is 422 g/mol. The number of phenolic OH excluding ortho intramolecular Hbond substituents is 1. The molecule has 0 bridgehead atoms. The summed E-state index contributed by atoms with van der Waals surface area (Å²) in [5.74, 6) is -3.43. The second kappa shape index (κ2) is 6.82. The Morgan fingerprint density at radius 2 is 1.83 bits per heavy atom. The van der Waals surface area contributed by atoms with Crippen LogP contribution in [0.5, 0.6) is 5.75 Å². The van der Waals surface area contributed by atoms with Gasteiger partial charge in [-0.05, 0) is 42.4 Å². The quantitative estimate of drug-likeness (QED) is 0.471. The molecule has 1 N–H and O–H groups in total. The van der Waals surface area contributed by atoms with Gasteiger partial charge in [-0.25, -0.2) is 13.5 Å². The molecule has 0 saturated heterocycles. The third kappa shape index (κ3) is 3.55. The molecule has 1 heterocycles. The zero-order valence-electron chi connectivity index (χ0n) is 16.3. The lowest BCUT2D eigenvalue weighted by Crippen LogP contribution is -2.14. The molecule has 0 aliphatic heterocycles. The number of benzene rings is 2. The summed E-state index contributed by atoms with van der Waals surface area (Å²) in [7, 11) is 0. The lowest BCUT2D eigenvalue weighted by molar-refractivity contribution is -0.140. The van der Waals surface area contributed by atoms with Crippen molar-refractivity contribution in [3.8, 4) is 11.4 Å². The molecule has 0 fully saturated rings. The Hall–Kier alpha value is -2.90. The number of phenols is 1. The van der Waals surface area contributed by atoms with Crippen molar-refractivity contribution in [1.29, 1.82) is 0 Å². The molecular formula is C22H19F5N2O. The molecule has 0 atom stereocenters. The van der Waals surface area contributed by atoms with Crippen LogP contribution in [0.15, 0.2) is 36.5 Å². The number of aromatic nitrogens is 2. The molecular weight excluding hydrogens is 403 g/mol. The van der Waals surface area contributed by atoms with Crippen LogP contribution in [0.3, 0.4) is 0 Å². The third-order valence-electron chi connectivity index (χ3n) is 5.56. The van der Waals surface area contributed by atoms with Crippen molar-refractivity contribution < 1.29 is 27.1 Å². The molecule has 30 heavy (non-hydrogen) atoms. The van der Waals surface area contributed by atoms with Gasteiger partial charge < -0.3 is 5.11 Å². The largest absolute Gasteiger partial charge is 0.505 e. The number of nitrogens with zero attached hydrogens (tertiary/aromatic N) is 2. The smallest absolute Gasteiger partial charge is 0.419 e. The number of rotatable bonds is 2. The Balaban J connectivity index is 1.81. The van der Waals surface area contributed by atoms with E-state index in [1.54, 1.807) is 6.07 Å². The standard InChI is InChI=1S/C22H19F5N2O/c1-21(2)5-3-12(4-6-21)15-7-13-11-28-29(18(13)10-17(15)23)14-8-16(22(25,26)27)20(24)19(30)9-14/h3,7-11,30H,4-6H2,1-2H3. The highest BCUT2D eigenvalue weighted by Gasteiger charge is 2.36. The molecule has 158 valence electrons. The van der Waals surface area contributed by atoms with E-state index >= 15 is 0 Å². The van der Waals surface area contributed by atoms with Crippen LogP contribution in [0, 0.1) is 17.0 Å². The first-order valence-corrected chi connectivity index (χ1v) is 9.43. The minimum atomic E-state index is -5.00. The van der Waals surface area contributed by atoms with Crippen molar-refractivity contribution in [2.45, 2.75) is 39.3 Å². The fourth-order valence-corrected chi connectivity index (χ4v) is 3.74. The number of halogens is 5. The van der Waals surface area contributed by atoms with E-state index in [1.165, 1.54) is 12.3 Å². The second-order valence-corrected chi connectivity index (χ2v) is 8.37. The van der Waals surface area contributed by atoms with Gasteiger partial charge in [0.1, 0.15) is 5.82 Å². The average molecular weight is 422 g/mol. The number of hydrogen-bond acceptors (Lipinski definition) is 2. The summed E-state index contributed by atoms with van der Waals surface area (Å²) in [6.07, 6.45) is 0.897. The van der Waals surface area contributed by atoms with E-state index in [0.717, 1.165) is 35.6 Å². The summed E-state index contributed by atoms with van der Waals surface area (Å²) >= 11 is 0. The van der Waals surface area contributed by atoms with Crippen LogP contribution in [0.25, 0.3) is 22.2 Å². The predicted molar refractivity (Wildman–Crippen MR) is 103 cm³/mol. The summed E-state index contributed by atoms with van der Waals surface area (Å²) in [5.41, 5.74) is -0.131. The summed E-state index contributed by atoms with van der Waals surface area (Å²) in [5, 5.41) is 14.2. The molecule has 1 aliphatic rings. The van der Waals surface area contributed by atoms with Crippen molar-refractivity contribution in [2.75, 3.05) is 0 Å². The molecule has 0 saturated carbocycles. The Labute approximate surface area is 169 Å². The number of alkyl halides is 3. The van der Waals surface area contributed by atoms with E-state index < -0.39 is 29.1 Å². The van der Waals surface area contributed by atoms with Gasteiger partial charge in [-0.3, -0.25) is 0 Å². The van der Waals surface area contributed by atoms with Crippen molar-refractivity contribution >= 4 is 16.5 Å². The molecule has 0 unspecified atom stereocenters. The van der Waals surface area contributed by atoms with Crippen molar-refractivity contribution in [2.24, 2.45) is 5.41 Å². The Bertz CT molecular complexity index is 1170. The highest BCUT2D eigenvalue weighted by Crippen LogP contribution is 2.40. The minimum absolute atomic E-state index is 0.162. The van der Waals surface area contributed by atoms with Crippen LogP contribution in [0.2, 0.25) is 0 Å². The molecule has 0 amide bonds.